The summed E-state index contributed by atoms with van der Waals surface area (Å²) in [7, 11) is 0. The van der Waals surface area contributed by atoms with Crippen molar-refractivity contribution in [2.75, 3.05) is 13.2 Å². The molecule has 0 aromatic rings. The van der Waals surface area contributed by atoms with Crippen LogP contribution in [0.4, 0.5) is 4.79 Å². The van der Waals surface area contributed by atoms with Crippen molar-refractivity contribution in [3.63, 3.8) is 0 Å². The number of carboxylic acids is 1. The van der Waals surface area contributed by atoms with Crippen LogP contribution in [0.5, 0.6) is 0 Å². The smallest absolute Gasteiger partial charge is 0.407 e. The zero-order valence-electron chi connectivity index (χ0n) is 12.2. The molecular weight excluding hydrogens is 284 g/mol. The van der Waals surface area contributed by atoms with Gasteiger partial charge in [-0.1, -0.05) is 13.8 Å². The van der Waals surface area contributed by atoms with Crippen LogP contribution in [0.1, 0.15) is 39.5 Å². The molecule has 1 unspecified atom stereocenters. The second-order valence-electron chi connectivity index (χ2n) is 4.92. The van der Waals surface area contributed by atoms with E-state index in [0.29, 0.717) is 25.7 Å². The molecule has 0 heterocycles. The first-order valence-electron chi connectivity index (χ1n) is 6.76. The Hall–Kier alpha value is -2.06. The fraction of sp³-hybridized carbons (Fsp3) is 0.833. The van der Waals surface area contributed by atoms with E-state index in [9.17, 15) is 19.7 Å². The molecule has 0 aromatic heterocycles. The van der Waals surface area contributed by atoms with E-state index in [2.05, 4.69) is 10.2 Å². The van der Waals surface area contributed by atoms with E-state index in [1.807, 2.05) is 13.8 Å². The molecule has 0 aliphatic carbocycles. The number of hydrogen-bond acceptors (Lipinski definition) is 6. The van der Waals surface area contributed by atoms with Crippen LogP contribution in [0.2, 0.25) is 0 Å². The summed E-state index contributed by atoms with van der Waals surface area (Å²) in [5, 5.41) is 20.2. The summed E-state index contributed by atoms with van der Waals surface area (Å²) >= 11 is 0. The van der Waals surface area contributed by atoms with Crippen molar-refractivity contribution < 1.29 is 29.4 Å². The Kier molecular flexibility index (Phi) is 9.65. The van der Waals surface area contributed by atoms with Crippen LogP contribution in [-0.4, -0.2) is 41.5 Å². The average molecular weight is 306 g/mol. The molecule has 9 nitrogen and oxygen atoms in total. The summed E-state index contributed by atoms with van der Waals surface area (Å²) in [6.07, 6.45) is 1.16. The van der Waals surface area contributed by atoms with Crippen molar-refractivity contribution in [1.82, 2.24) is 5.32 Å². The quantitative estimate of drug-likeness (QED) is 0.337. The number of aliphatic carboxylic acids is 1. The maximum absolute atomic E-state index is 11.4. The van der Waals surface area contributed by atoms with Gasteiger partial charge in [-0.2, -0.15) is 0 Å². The largest absolute Gasteiger partial charge is 0.480 e. The third-order valence-corrected chi connectivity index (χ3v) is 2.52. The monoisotopic (exact) mass is 306 g/mol. The highest BCUT2D eigenvalue weighted by Gasteiger charge is 2.21. The molecule has 0 bridgehead atoms. The van der Waals surface area contributed by atoms with Crippen molar-refractivity contribution in [2.24, 2.45) is 5.92 Å². The minimum absolute atomic E-state index is 0.00860. The highest BCUT2D eigenvalue weighted by atomic mass is 16.9. The molecule has 0 saturated carbocycles. The lowest BCUT2D eigenvalue weighted by atomic mass is 10.0. The molecule has 122 valence electrons. The second kappa shape index (κ2) is 10.7. The van der Waals surface area contributed by atoms with Gasteiger partial charge in [0.25, 0.3) is 5.09 Å². The lowest BCUT2D eigenvalue weighted by molar-refractivity contribution is -0.757. The third kappa shape index (κ3) is 11.5. The van der Waals surface area contributed by atoms with Crippen molar-refractivity contribution in [1.29, 1.82) is 0 Å². The Morgan fingerprint density at radius 1 is 1.24 bits per heavy atom. The van der Waals surface area contributed by atoms with Crippen molar-refractivity contribution in [3.05, 3.63) is 10.1 Å². The SMILES string of the molecule is CC(C)CC(NC(=O)OCCCCCO[N+](=O)[O-])C(=O)O. The number of carboxylic acid groups (broad SMARTS) is 1. The average Bonchev–Trinajstić information content (AvgIpc) is 2.35. The van der Waals surface area contributed by atoms with E-state index in [-0.39, 0.29) is 19.1 Å². The van der Waals surface area contributed by atoms with E-state index in [1.54, 1.807) is 0 Å². The fourth-order valence-corrected chi connectivity index (χ4v) is 1.56. The summed E-state index contributed by atoms with van der Waals surface area (Å²) in [6.45, 7) is 3.85. The first kappa shape index (κ1) is 18.9. The molecule has 0 aliphatic heterocycles. The van der Waals surface area contributed by atoms with Crippen LogP contribution in [0, 0.1) is 16.0 Å². The zero-order valence-corrected chi connectivity index (χ0v) is 12.2. The molecule has 1 amide bonds. The standard InChI is InChI=1S/C12H22N2O7/c1-9(2)8-10(11(15)16)13-12(17)20-6-4-3-5-7-21-14(18)19/h9-10H,3-8H2,1-2H3,(H,13,17)(H,15,16). The first-order chi connectivity index (χ1) is 9.82. The summed E-state index contributed by atoms with van der Waals surface area (Å²) in [5.74, 6) is -0.967. The molecule has 0 saturated heterocycles. The highest BCUT2D eigenvalue weighted by molar-refractivity contribution is 5.79. The molecule has 0 rings (SSSR count). The number of hydrogen-bond donors (Lipinski definition) is 2. The third-order valence-electron chi connectivity index (χ3n) is 2.52. The van der Waals surface area contributed by atoms with Gasteiger partial charge in [0.15, 0.2) is 0 Å². The Balaban J connectivity index is 3.73. The number of carbonyl (C=O) groups is 2. The van der Waals surface area contributed by atoms with Crippen LogP contribution in [0.25, 0.3) is 0 Å². The Morgan fingerprint density at radius 3 is 2.38 bits per heavy atom. The minimum atomic E-state index is -1.10. The van der Waals surface area contributed by atoms with Crippen LogP contribution in [0.15, 0.2) is 0 Å². The van der Waals surface area contributed by atoms with E-state index in [4.69, 9.17) is 9.84 Å². The number of unbranched alkanes of at least 4 members (excludes halogenated alkanes) is 2. The van der Waals surface area contributed by atoms with Crippen LogP contribution in [0.3, 0.4) is 0 Å². The first-order valence-corrected chi connectivity index (χ1v) is 6.76. The van der Waals surface area contributed by atoms with Gasteiger partial charge < -0.3 is 20.0 Å². The van der Waals surface area contributed by atoms with Gasteiger partial charge in [0.2, 0.25) is 0 Å². The molecule has 21 heavy (non-hydrogen) atoms. The van der Waals surface area contributed by atoms with Gasteiger partial charge in [-0.05, 0) is 31.6 Å². The van der Waals surface area contributed by atoms with E-state index >= 15 is 0 Å². The maximum atomic E-state index is 11.4. The van der Waals surface area contributed by atoms with E-state index in [0.717, 1.165) is 0 Å². The number of amides is 1. The van der Waals surface area contributed by atoms with Gasteiger partial charge in [-0.25, -0.2) is 9.59 Å². The van der Waals surface area contributed by atoms with Gasteiger partial charge in [-0.15, -0.1) is 10.1 Å². The minimum Gasteiger partial charge on any atom is -0.480 e. The summed E-state index contributed by atoms with van der Waals surface area (Å²) in [6, 6.07) is -0.967. The van der Waals surface area contributed by atoms with Crippen LogP contribution in [-0.2, 0) is 14.4 Å². The lowest BCUT2D eigenvalue weighted by Crippen LogP contribution is -2.42. The summed E-state index contributed by atoms with van der Waals surface area (Å²) in [4.78, 5) is 36.3. The number of ether oxygens (including phenoxy) is 1. The number of carbonyl (C=O) groups excluding carboxylic acids is 1. The van der Waals surface area contributed by atoms with Gasteiger partial charge >= 0.3 is 12.1 Å². The van der Waals surface area contributed by atoms with Gasteiger partial charge in [0.1, 0.15) is 6.04 Å². The van der Waals surface area contributed by atoms with Crippen molar-refractivity contribution >= 4 is 12.1 Å². The molecule has 0 fully saturated rings. The molecule has 2 N–H and O–H groups in total. The van der Waals surface area contributed by atoms with Crippen LogP contribution < -0.4 is 5.32 Å². The normalized spacial score (nSPS) is 11.8. The van der Waals surface area contributed by atoms with Gasteiger partial charge in [0.05, 0.1) is 13.2 Å². The maximum Gasteiger partial charge on any atom is 0.407 e. The number of rotatable bonds is 11. The Bertz CT molecular complexity index is 346. The fourth-order valence-electron chi connectivity index (χ4n) is 1.56. The molecule has 0 aliphatic rings. The van der Waals surface area contributed by atoms with Crippen molar-refractivity contribution in [2.45, 2.75) is 45.6 Å². The number of nitrogens with one attached hydrogen (secondary N) is 1. The molecule has 1 atom stereocenters. The lowest BCUT2D eigenvalue weighted by Gasteiger charge is -2.16. The molecule has 0 spiro atoms. The highest BCUT2D eigenvalue weighted by Crippen LogP contribution is 2.05. The predicted octanol–water partition coefficient (Wildman–Crippen LogP) is 1.59. The molecule has 0 aromatic carbocycles. The Labute approximate surface area is 122 Å². The number of alkyl carbamates (subject to hydrolysis) is 1. The molecule has 9 heteroatoms. The van der Waals surface area contributed by atoms with E-state index in [1.165, 1.54) is 0 Å². The number of nitrogens with zero attached hydrogens (tertiary/aromatic N) is 1. The van der Waals surface area contributed by atoms with E-state index < -0.39 is 23.2 Å². The van der Waals surface area contributed by atoms with Crippen molar-refractivity contribution in [3.8, 4) is 0 Å². The van der Waals surface area contributed by atoms with Crippen LogP contribution >= 0.6 is 0 Å². The summed E-state index contributed by atoms with van der Waals surface area (Å²) < 4.78 is 4.84. The second-order valence-corrected chi connectivity index (χ2v) is 4.92. The molecule has 0 radical (unpaired) electrons. The van der Waals surface area contributed by atoms with Gasteiger partial charge in [-0.3, -0.25) is 0 Å². The Morgan fingerprint density at radius 2 is 1.86 bits per heavy atom. The predicted molar refractivity (Wildman–Crippen MR) is 72.2 cm³/mol. The topological polar surface area (TPSA) is 128 Å². The van der Waals surface area contributed by atoms with Gasteiger partial charge in [0, 0.05) is 0 Å². The molecular formula is C12H22N2O7. The summed E-state index contributed by atoms with van der Waals surface area (Å²) in [5.41, 5.74) is 0. The zero-order chi connectivity index (χ0) is 16.3.